The lowest BCUT2D eigenvalue weighted by atomic mass is 9.98. The summed E-state index contributed by atoms with van der Waals surface area (Å²) in [4.78, 5) is 45.3. The van der Waals surface area contributed by atoms with Crippen LogP contribution < -0.4 is 4.90 Å². The minimum atomic E-state index is -0.978. The summed E-state index contributed by atoms with van der Waals surface area (Å²) in [5, 5.41) is 0. The van der Waals surface area contributed by atoms with Crippen LogP contribution in [0.3, 0.4) is 0 Å². The van der Waals surface area contributed by atoms with Crippen LogP contribution in [0.4, 0.5) is 10.1 Å². The van der Waals surface area contributed by atoms with Gasteiger partial charge in [-0.25, -0.2) is 9.29 Å². The first-order chi connectivity index (χ1) is 17.9. The second-order valence-electron chi connectivity index (χ2n) is 9.45. The molecule has 2 saturated heterocycles. The van der Waals surface area contributed by atoms with E-state index in [0.717, 1.165) is 29.0 Å². The van der Waals surface area contributed by atoms with Gasteiger partial charge in [-0.15, -0.1) is 0 Å². The Kier molecular flexibility index (Phi) is 7.48. The van der Waals surface area contributed by atoms with Crippen molar-refractivity contribution in [1.29, 1.82) is 0 Å². The van der Waals surface area contributed by atoms with Crippen LogP contribution in [0.15, 0.2) is 83.3 Å². The maximum Gasteiger partial charge on any atom is 0.257 e. The number of carbonyl (C=O) groups excluding carboxylic acids is 3. The first-order valence-electron chi connectivity index (χ1n) is 12.4. The molecule has 6 nitrogen and oxygen atoms in total. The number of halogens is 2. The highest BCUT2D eigenvalue weighted by Gasteiger charge is 2.47. The molecule has 0 radical (unpaired) electrons. The molecule has 0 N–H and O–H groups in total. The summed E-state index contributed by atoms with van der Waals surface area (Å²) in [6.45, 7) is 2.25. The van der Waals surface area contributed by atoms with Crippen molar-refractivity contribution in [2.75, 3.05) is 18.0 Å². The zero-order valence-corrected chi connectivity index (χ0v) is 21.8. The lowest BCUT2D eigenvalue weighted by Gasteiger charge is -2.40. The van der Waals surface area contributed by atoms with Gasteiger partial charge in [-0.3, -0.25) is 19.3 Å². The van der Waals surface area contributed by atoms with Gasteiger partial charge in [-0.05, 0) is 54.8 Å². The van der Waals surface area contributed by atoms with Crippen molar-refractivity contribution in [3.63, 3.8) is 0 Å². The second kappa shape index (κ2) is 10.9. The molecule has 2 aliphatic rings. The highest BCUT2D eigenvalue weighted by atomic mass is 79.9. The molecule has 2 fully saturated rings. The quantitative estimate of drug-likeness (QED) is 0.395. The summed E-state index contributed by atoms with van der Waals surface area (Å²) < 4.78 is 15.5. The lowest BCUT2D eigenvalue weighted by Crippen LogP contribution is -2.54. The molecule has 0 aliphatic carbocycles. The number of anilines is 1. The zero-order chi connectivity index (χ0) is 25.9. The summed E-state index contributed by atoms with van der Waals surface area (Å²) >= 11 is 3.37. The van der Waals surface area contributed by atoms with Crippen LogP contribution in [0.25, 0.3) is 0 Å². The Labute approximate surface area is 223 Å². The van der Waals surface area contributed by atoms with Crippen LogP contribution in [0.2, 0.25) is 0 Å². The average molecular weight is 564 g/mol. The molecule has 190 valence electrons. The largest absolute Gasteiger partial charge is 0.323 e. The number of amides is 3. The van der Waals surface area contributed by atoms with E-state index in [1.165, 1.54) is 28.7 Å². The molecule has 0 aromatic heterocycles. The van der Waals surface area contributed by atoms with Gasteiger partial charge in [0.1, 0.15) is 11.9 Å². The van der Waals surface area contributed by atoms with Crippen LogP contribution in [0.5, 0.6) is 0 Å². The molecule has 1 unspecified atom stereocenters. The number of benzene rings is 3. The number of likely N-dealkylation sites (tertiary alicyclic amines) is 1. The van der Waals surface area contributed by atoms with Gasteiger partial charge < -0.3 is 4.90 Å². The van der Waals surface area contributed by atoms with Gasteiger partial charge in [0.25, 0.3) is 11.8 Å². The van der Waals surface area contributed by atoms with Crippen molar-refractivity contribution >= 4 is 39.3 Å². The third-order valence-corrected chi connectivity index (χ3v) is 7.61. The van der Waals surface area contributed by atoms with Gasteiger partial charge in [0, 0.05) is 30.1 Å². The normalized spacial score (nSPS) is 18.9. The minimum absolute atomic E-state index is 0.0865. The van der Waals surface area contributed by atoms with E-state index in [-0.39, 0.29) is 23.9 Å². The van der Waals surface area contributed by atoms with E-state index < -0.39 is 23.7 Å². The van der Waals surface area contributed by atoms with E-state index in [9.17, 15) is 18.8 Å². The molecular weight excluding hydrogens is 537 g/mol. The van der Waals surface area contributed by atoms with E-state index in [1.807, 2.05) is 18.2 Å². The summed E-state index contributed by atoms with van der Waals surface area (Å²) in [6.07, 6.45) is 1.13. The van der Waals surface area contributed by atoms with Crippen LogP contribution in [0.1, 0.15) is 35.2 Å². The molecule has 3 amide bonds. The van der Waals surface area contributed by atoms with Gasteiger partial charge in [-0.1, -0.05) is 58.4 Å². The standard InChI is InChI=1S/C29H27BrFN3O3/c30-21-10-12-22(13-11-21)34-27(35)18-26(29(34)37)33(28(36)24-8-4-5-9-25(24)31)23-14-16-32(17-15-23)19-20-6-2-1-3-7-20/h1-13,23,26H,14-19H2. The second-order valence-corrected chi connectivity index (χ2v) is 10.4. The maximum atomic E-state index is 14.7. The fraction of sp³-hybridized carbons (Fsp3) is 0.276. The summed E-state index contributed by atoms with van der Waals surface area (Å²) in [5.74, 6) is -2.02. The molecule has 5 rings (SSSR count). The smallest absolute Gasteiger partial charge is 0.257 e. The topological polar surface area (TPSA) is 60.9 Å². The monoisotopic (exact) mass is 563 g/mol. The zero-order valence-electron chi connectivity index (χ0n) is 20.2. The highest BCUT2D eigenvalue weighted by Crippen LogP contribution is 2.31. The first kappa shape index (κ1) is 25.3. The van der Waals surface area contributed by atoms with Crippen LogP contribution >= 0.6 is 15.9 Å². The van der Waals surface area contributed by atoms with Gasteiger partial charge in [-0.2, -0.15) is 0 Å². The Hall–Kier alpha value is -3.36. The number of hydrogen-bond acceptors (Lipinski definition) is 4. The van der Waals surface area contributed by atoms with E-state index in [2.05, 4.69) is 33.0 Å². The molecule has 0 spiro atoms. The Morgan fingerprint density at radius 2 is 1.57 bits per heavy atom. The first-order valence-corrected chi connectivity index (χ1v) is 13.2. The van der Waals surface area contributed by atoms with Crippen molar-refractivity contribution in [1.82, 2.24) is 9.80 Å². The summed E-state index contributed by atoms with van der Waals surface area (Å²) in [7, 11) is 0. The molecule has 0 saturated carbocycles. The van der Waals surface area contributed by atoms with Crippen molar-refractivity contribution in [2.45, 2.75) is 37.9 Å². The third kappa shape index (κ3) is 5.36. The van der Waals surface area contributed by atoms with Crippen LogP contribution in [-0.2, 0) is 16.1 Å². The Morgan fingerprint density at radius 1 is 0.919 bits per heavy atom. The molecule has 2 heterocycles. The highest BCUT2D eigenvalue weighted by molar-refractivity contribution is 9.10. The van der Waals surface area contributed by atoms with E-state index in [0.29, 0.717) is 18.5 Å². The van der Waals surface area contributed by atoms with Gasteiger partial charge in [0.05, 0.1) is 17.7 Å². The fourth-order valence-corrected chi connectivity index (χ4v) is 5.49. The number of nitrogens with zero attached hydrogens (tertiary/aromatic N) is 3. The third-order valence-electron chi connectivity index (χ3n) is 7.08. The molecule has 0 bridgehead atoms. The Balaban J connectivity index is 1.40. The predicted molar refractivity (Wildman–Crippen MR) is 142 cm³/mol. The van der Waals surface area contributed by atoms with Crippen molar-refractivity contribution in [2.24, 2.45) is 0 Å². The van der Waals surface area contributed by atoms with Gasteiger partial charge in [0.2, 0.25) is 5.91 Å². The maximum absolute atomic E-state index is 14.7. The van der Waals surface area contributed by atoms with E-state index in [4.69, 9.17) is 0 Å². The molecule has 37 heavy (non-hydrogen) atoms. The molecule has 8 heteroatoms. The molecular formula is C29H27BrFN3O3. The number of rotatable bonds is 6. The fourth-order valence-electron chi connectivity index (χ4n) is 5.23. The number of piperidine rings is 1. The van der Waals surface area contributed by atoms with Gasteiger partial charge in [0.15, 0.2) is 0 Å². The number of hydrogen-bond donors (Lipinski definition) is 0. The minimum Gasteiger partial charge on any atom is -0.323 e. The lowest BCUT2D eigenvalue weighted by molar-refractivity contribution is -0.123. The summed E-state index contributed by atoms with van der Waals surface area (Å²) in [6, 6.07) is 21.6. The van der Waals surface area contributed by atoms with Crippen LogP contribution in [-0.4, -0.2) is 52.7 Å². The predicted octanol–water partition coefficient (Wildman–Crippen LogP) is 5.03. The van der Waals surface area contributed by atoms with Crippen molar-refractivity contribution < 1.29 is 18.8 Å². The summed E-state index contributed by atoms with van der Waals surface area (Å²) in [5.41, 5.74) is 1.58. The Morgan fingerprint density at radius 3 is 2.24 bits per heavy atom. The Bertz CT molecular complexity index is 1290. The molecule has 3 aromatic carbocycles. The SMILES string of the molecule is O=C1CC(N(C(=O)c2ccccc2F)C2CCN(Cc3ccccc3)CC2)C(=O)N1c1ccc(Br)cc1. The number of imide groups is 1. The van der Waals surface area contributed by atoms with Crippen molar-refractivity contribution in [3.05, 3.63) is 100 Å². The molecule has 2 aliphatic heterocycles. The number of carbonyl (C=O) groups is 3. The van der Waals surface area contributed by atoms with Gasteiger partial charge >= 0.3 is 0 Å². The molecule has 3 aromatic rings. The van der Waals surface area contributed by atoms with Crippen molar-refractivity contribution in [3.8, 4) is 0 Å². The van der Waals surface area contributed by atoms with E-state index >= 15 is 0 Å². The molecule has 1 atom stereocenters. The van der Waals surface area contributed by atoms with Crippen LogP contribution in [0, 0.1) is 5.82 Å². The van der Waals surface area contributed by atoms with E-state index in [1.54, 1.807) is 30.3 Å². The average Bonchev–Trinajstić information content (AvgIpc) is 3.20.